The van der Waals surface area contributed by atoms with E-state index in [1.807, 2.05) is 0 Å². The van der Waals surface area contributed by atoms with Gasteiger partial charge in [0, 0.05) is 17.1 Å². The molecule has 3 aromatic carbocycles. The molecule has 10 heteroatoms. The molecule has 0 bridgehead atoms. The van der Waals surface area contributed by atoms with E-state index in [1.54, 1.807) is 6.07 Å². The Bertz CT molecular complexity index is 1320. The first kappa shape index (κ1) is 19.9. The van der Waals surface area contributed by atoms with Crippen molar-refractivity contribution in [2.24, 2.45) is 0 Å². The fourth-order valence-electron chi connectivity index (χ4n) is 2.95. The number of nitro benzene ring substituents is 1. The third kappa shape index (κ3) is 3.74. The largest absolute Gasteiger partial charge is 0.340 e. The molecule has 1 heterocycles. The maximum atomic E-state index is 13.7. The standard InChI is InChI=1S/C20H10Cl2F2N4O2/c21-14-3-2-11(6-17(14)24)27-20-13-8-19(28(29)30)12(7-18(13)25-9-26-20)10-1-4-16(23)15(22)5-10/h1-9H,(H,25,26,27). The molecule has 0 saturated heterocycles. The molecule has 0 saturated carbocycles. The number of nitro groups is 1. The quantitative estimate of drug-likeness (QED) is 0.284. The minimum Gasteiger partial charge on any atom is -0.340 e. The first-order chi connectivity index (χ1) is 14.3. The fraction of sp³-hybridized carbons (Fsp3) is 0. The Labute approximate surface area is 178 Å². The van der Waals surface area contributed by atoms with Gasteiger partial charge in [-0.1, -0.05) is 29.3 Å². The summed E-state index contributed by atoms with van der Waals surface area (Å²) in [6.07, 6.45) is 1.27. The number of rotatable bonds is 4. The number of hydrogen-bond acceptors (Lipinski definition) is 5. The monoisotopic (exact) mass is 446 g/mol. The molecular weight excluding hydrogens is 437 g/mol. The number of benzene rings is 3. The van der Waals surface area contributed by atoms with Crippen LogP contribution in [-0.2, 0) is 0 Å². The number of nitrogens with zero attached hydrogens (tertiary/aromatic N) is 3. The Hall–Kier alpha value is -3.36. The van der Waals surface area contributed by atoms with Crippen LogP contribution in [0.3, 0.4) is 0 Å². The van der Waals surface area contributed by atoms with Crippen molar-refractivity contribution in [3.8, 4) is 11.1 Å². The van der Waals surface area contributed by atoms with Gasteiger partial charge in [-0.25, -0.2) is 18.7 Å². The highest BCUT2D eigenvalue weighted by Gasteiger charge is 2.20. The van der Waals surface area contributed by atoms with E-state index in [0.717, 1.165) is 6.07 Å². The van der Waals surface area contributed by atoms with E-state index in [4.69, 9.17) is 23.2 Å². The molecule has 0 aliphatic rings. The molecule has 0 fully saturated rings. The molecule has 0 aliphatic heterocycles. The summed E-state index contributed by atoms with van der Waals surface area (Å²) in [7, 11) is 0. The zero-order valence-corrected chi connectivity index (χ0v) is 16.4. The highest BCUT2D eigenvalue weighted by molar-refractivity contribution is 6.31. The van der Waals surface area contributed by atoms with Crippen molar-refractivity contribution >= 4 is 51.3 Å². The van der Waals surface area contributed by atoms with Gasteiger partial charge in [-0.15, -0.1) is 0 Å². The summed E-state index contributed by atoms with van der Waals surface area (Å²) < 4.78 is 27.2. The Balaban J connectivity index is 1.87. The average Bonchev–Trinajstić information content (AvgIpc) is 2.72. The van der Waals surface area contributed by atoms with Gasteiger partial charge >= 0.3 is 0 Å². The average molecular weight is 447 g/mol. The van der Waals surface area contributed by atoms with Crippen LogP contribution in [0.1, 0.15) is 0 Å². The van der Waals surface area contributed by atoms with Crippen molar-refractivity contribution in [3.05, 3.63) is 86.7 Å². The predicted octanol–water partition coefficient (Wildman–Crippen LogP) is 6.53. The van der Waals surface area contributed by atoms with E-state index in [0.29, 0.717) is 22.2 Å². The van der Waals surface area contributed by atoms with Crippen LogP contribution in [0, 0.1) is 21.7 Å². The van der Waals surface area contributed by atoms with Crippen molar-refractivity contribution < 1.29 is 13.7 Å². The first-order valence-corrected chi connectivity index (χ1v) is 9.19. The van der Waals surface area contributed by atoms with Crippen molar-refractivity contribution in [1.82, 2.24) is 9.97 Å². The van der Waals surface area contributed by atoms with Gasteiger partial charge in [0.15, 0.2) is 0 Å². The second-order valence-electron chi connectivity index (χ2n) is 6.25. The third-order valence-electron chi connectivity index (χ3n) is 4.36. The van der Waals surface area contributed by atoms with Crippen molar-refractivity contribution in [1.29, 1.82) is 0 Å². The number of nitrogens with one attached hydrogen (secondary N) is 1. The fourth-order valence-corrected chi connectivity index (χ4v) is 3.25. The molecule has 0 amide bonds. The first-order valence-electron chi connectivity index (χ1n) is 8.44. The van der Waals surface area contributed by atoms with Crippen molar-refractivity contribution in [2.75, 3.05) is 5.32 Å². The molecule has 1 aromatic heterocycles. The summed E-state index contributed by atoms with van der Waals surface area (Å²) in [6.45, 7) is 0. The predicted molar refractivity (Wildman–Crippen MR) is 111 cm³/mol. The SMILES string of the molecule is O=[N+]([O-])c1cc2c(Nc3ccc(Cl)c(F)c3)ncnc2cc1-c1ccc(F)c(Cl)c1. The van der Waals surface area contributed by atoms with Gasteiger partial charge in [0.1, 0.15) is 23.8 Å². The number of fused-ring (bicyclic) bond motifs is 1. The zero-order chi connectivity index (χ0) is 21.4. The van der Waals surface area contributed by atoms with Crippen molar-refractivity contribution in [3.63, 3.8) is 0 Å². The van der Waals surface area contributed by atoms with Crippen LogP contribution >= 0.6 is 23.2 Å². The molecule has 0 radical (unpaired) electrons. The van der Waals surface area contributed by atoms with Gasteiger partial charge in [-0.2, -0.15) is 0 Å². The van der Waals surface area contributed by atoms with Gasteiger partial charge in [-0.3, -0.25) is 10.1 Å². The van der Waals surface area contributed by atoms with E-state index in [1.165, 1.54) is 42.7 Å². The number of hydrogen-bond donors (Lipinski definition) is 1. The molecule has 30 heavy (non-hydrogen) atoms. The summed E-state index contributed by atoms with van der Waals surface area (Å²) in [5, 5.41) is 14.8. The highest BCUT2D eigenvalue weighted by Crippen LogP contribution is 2.37. The number of anilines is 2. The van der Waals surface area contributed by atoms with Crippen LogP contribution in [0.25, 0.3) is 22.0 Å². The molecule has 0 unspecified atom stereocenters. The van der Waals surface area contributed by atoms with E-state index < -0.39 is 16.6 Å². The molecular formula is C20H10Cl2F2N4O2. The molecule has 6 nitrogen and oxygen atoms in total. The van der Waals surface area contributed by atoms with Crippen LogP contribution in [0.2, 0.25) is 10.0 Å². The van der Waals surface area contributed by atoms with Gasteiger partial charge in [-0.05, 0) is 42.0 Å². The van der Waals surface area contributed by atoms with E-state index in [-0.39, 0.29) is 27.1 Å². The number of halogens is 4. The minimum atomic E-state index is -0.632. The van der Waals surface area contributed by atoms with Crippen LogP contribution in [-0.4, -0.2) is 14.9 Å². The van der Waals surface area contributed by atoms with Crippen LogP contribution in [0.4, 0.5) is 26.0 Å². The van der Waals surface area contributed by atoms with Crippen molar-refractivity contribution in [2.45, 2.75) is 0 Å². The molecule has 4 aromatic rings. The number of aromatic nitrogens is 2. The summed E-state index contributed by atoms with van der Waals surface area (Å²) in [5.41, 5.74) is 1.08. The second kappa shape index (κ2) is 7.81. The smallest absolute Gasteiger partial charge is 0.278 e. The lowest BCUT2D eigenvalue weighted by atomic mass is 10.0. The maximum Gasteiger partial charge on any atom is 0.278 e. The topological polar surface area (TPSA) is 81.0 Å². The lowest BCUT2D eigenvalue weighted by Gasteiger charge is -2.11. The lowest BCUT2D eigenvalue weighted by Crippen LogP contribution is -1.99. The van der Waals surface area contributed by atoms with Gasteiger partial charge < -0.3 is 5.32 Å². The van der Waals surface area contributed by atoms with E-state index in [2.05, 4.69) is 15.3 Å². The van der Waals surface area contributed by atoms with Crippen LogP contribution < -0.4 is 5.32 Å². The Kier molecular flexibility index (Phi) is 5.19. The summed E-state index contributed by atoms with van der Waals surface area (Å²) in [6, 6.07) is 10.7. The summed E-state index contributed by atoms with van der Waals surface area (Å²) in [4.78, 5) is 19.4. The van der Waals surface area contributed by atoms with Gasteiger partial charge in [0.2, 0.25) is 0 Å². The van der Waals surface area contributed by atoms with Crippen LogP contribution in [0.5, 0.6) is 0 Å². The maximum absolute atomic E-state index is 13.7. The van der Waals surface area contributed by atoms with E-state index >= 15 is 0 Å². The summed E-state index contributed by atoms with van der Waals surface area (Å²) in [5.74, 6) is -1.01. The molecule has 0 aliphatic carbocycles. The Morgan fingerprint density at radius 3 is 2.43 bits per heavy atom. The lowest BCUT2D eigenvalue weighted by molar-refractivity contribution is -0.384. The zero-order valence-electron chi connectivity index (χ0n) is 14.9. The molecule has 0 atom stereocenters. The third-order valence-corrected chi connectivity index (χ3v) is 4.96. The normalized spacial score (nSPS) is 10.9. The molecule has 150 valence electrons. The van der Waals surface area contributed by atoms with Gasteiger partial charge in [0.25, 0.3) is 5.69 Å². The summed E-state index contributed by atoms with van der Waals surface area (Å²) >= 11 is 11.5. The minimum absolute atomic E-state index is 0.0358. The molecule has 4 rings (SSSR count). The van der Waals surface area contributed by atoms with E-state index in [9.17, 15) is 18.9 Å². The Morgan fingerprint density at radius 2 is 1.73 bits per heavy atom. The second-order valence-corrected chi connectivity index (χ2v) is 7.06. The highest BCUT2D eigenvalue weighted by atomic mass is 35.5. The van der Waals surface area contributed by atoms with Crippen LogP contribution in [0.15, 0.2) is 54.9 Å². The van der Waals surface area contributed by atoms with Gasteiger partial charge in [0.05, 0.1) is 26.0 Å². The molecule has 0 spiro atoms. The Morgan fingerprint density at radius 1 is 0.933 bits per heavy atom. The molecule has 1 N–H and O–H groups in total.